The molecule has 3 nitrogen and oxygen atoms in total. The molecule has 0 spiro atoms. The van der Waals surface area contributed by atoms with Crippen LogP contribution in [0.1, 0.15) is 32.6 Å². The number of hydrogen-bond donors (Lipinski definition) is 0. The zero-order chi connectivity index (χ0) is 15.2. The van der Waals surface area contributed by atoms with E-state index in [-0.39, 0.29) is 0 Å². The summed E-state index contributed by atoms with van der Waals surface area (Å²) in [6, 6.07) is 10.1. The lowest BCUT2D eigenvalue weighted by Crippen LogP contribution is -2.30. The van der Waals surface area contributed by atoms with Crippen LogP contribution in [-0.4, -0.2) is 4.98 Å². The molecule has 0 aliphatic carbocycles. The first-order valence-corrected chi connectivity index (χ1v) is 6.73. The molecule has 0 bridgehead atoms. The summed E-state index contributed by atoms with van der Waals surface area (Å²) >= 11 is 0. The lowest BCUT2D eigenvalue weighted by atomic mass is 10.0. The summed E-state index contributed by atoms with van der Waals surface area (Å²) in [5.41, 5.74) is 4.83. The minimum atomic E-state index is -0.847. The SMILES string of the molecule is [2H]C(C)(C)c1nc2cc[n+](C)c(-c3ccccc3C)c2o1. The van der Waals surface area contributed by atoms with Gasteiger partial charge in [-0.25, -0.2) is 4.98 Å². The molecule has 0 unspecified atom stereocenters. The van der Waals surface area contributed by atoms with Gasteiger partial charge in [-0.1, -0.05) is 32.0 Å². The van der Waals surface area contributed by atoms with E-state index in [4.69, 9.17) is 5.79 Å². The Kier molecular flexibility index (Phi) is 2.76. The Labute approximate surface area is 120 Å². The van der Waals surface area contributed by atoms with Gasteiger partial charge in [0, 0.05) is 13.3 Å². The van der Waals surface area contributed by atoms with Crippen LogP contribution in [0.2, 0.25) is 0 Å². The zero-order valence-electron chi connectivity index (χ0n) is 13.3. The van der Waals surface area contributed by atoms with Gasteiger partial charge in [0.15, 0.2) is 12.1 Å². The molecule has 0 aliphatic rings. The number of oxazole rings is 1. The Morgan fingerprint density at radius 2 is 2.00 bits per heavy atom. The molecule has 2 aromatic heterocycles. The quantitative estimate of drug-likeness (QED) is 0.662. The Hall–Kier alpha value is -2.16. The molecular weight excluding hydrogens is 248 g/mol. The summed E-state index contributed by atoms with van der Waals surface area (Å²) < 4.78 is 16.1. The van der Waals surface area contributed by atoms with Crippen molar-refractivity contribution in [2.24, 2.45) is 7.05 Å². The van der Waals surface area contributed by atoms with E-state index >= 15 is 0 Å². The third-order valence-corrected chi connectivity index (χ3v) is 3.51. The maximum Gasteiger partial charge on any atom is 0.257 e. The van der Waals surface area contributed by atoms with Gasteiger partial charge in [-0.3, -0.25) is 0 Å². The van der Waals surface area contributed by atoms with Gasteiger partial charge in [0.25, 0.3) is 5.69 Å². The molecule has 0 saturated carbocycles. The third kappa shape index (κ3) is 1.99. The Balaban J connectivity index is 2.34. The van der Waals surface area contributed by atoms with Crippen molar-refractivity contribution in [3.8, 4) is 11.3 Å². The van der Waals surface area contributed by atoms with Crippen LogP contribution in [0.4, 0.5) is 0 Å². The second-order valence-electron chi connectivity index (χ2n) is 5.32. The van der Waals surface area contributed by atoms with Gasteiger partial charge in [0.1, 0.15) is 12.6 Å². The summed E-state index contributed by atoms with van der Waals surface area (Å²) in [7, 11) is 2.00. The van der Waals surface area contributed by atoms with E-state index in [0.29, 0.717) is 5.89 Å². The molecule has 0 amide bonds. The number of pyridine rings is 1. The first kappa shape index (κ1) is 11.6. The van der Waals surface area contributed by atoms with Crippen molar-refractivity contribution in [3.63, 3.8) is 0 Å². The van der Waals surface area contributed by atoms with Crippen LogP contribution in [0.5, 0.6) is 0 Å². The molecule has 0 atom stereocenters. The summed E-state index contributed by atoms with van der Waals surface area (Å²) in [5, 5.41) is 0. The van der Waals surface area contributed by atoms with Crippen LogP contribution in [0.25, 0.3) is 22.4 Å². The van der Waals surface area contributed by atoms with Crippen molar-refractivity contribution in [3.05, 3.63) is 48.0 Å². The average Bonchev–Trinajstić information content (AvgIpc) is 2.84. The minimum Gasteiger partial charge on any atom is -0.433 e. The van der Waals surface area contributed by atoms with Crippen molar-refractivity contribution in [1.82, 2.24) is 4.98 Å². The molecule has 0 radical (unpaired) electrons. The van der Waals surface area contributed by atoms with E-state index in [1.807, 2.05) is 36.0 Å². The van der Waals surface area contributed by atoms with Crippen LogP contribution in [0.15, 0.2) is 40.9 Å². The highest BCUT2D eigenvalue weighted by Gasteiger charge is 2.22. The Morgan fingerprint density at radius 3 is 2.70 bits per heavy atom. The summed E-state index contributed by atoms with van der Waals surface area (Å²) in [6.45, 7) is 5.65. The van der Waals surface area contributed by atoms with Crippen molar-refractivity contribution < 1.29 is 10.4 Å². The number of hydrogen-bond acceptors (Lipinski definition) is 2. The van der Waals surface area contributed by atoms with Gasteiger partial charge in [-0.05, 0) is 18.6 Å². The third-order valence-electron chi connectivity index (χ3n) is 3.51. The van der Waals surface area contributed by atoms with E-state index in [9.17, 15) is 0 Å². The predicted molar refractivity (Wildman–Crippen MR) is 79.4 cm³/mol. The molecule has 0 aliphatic heterocycles. The normalized spacial score (nSPS) is 12.7. The second kappa shape index (κ2) is 4.75. The van der Waals surface area contributed by atoms with Crippen LogP contribution in [0, 0.1) is 6.92 Å². The molecule has 3 rings (SSSR count). The fourth-order valence-corrected chi connectivity index (χ4v) is 2.40. The second-order valence-corrected chi connectivity index (χ2v) is 5.32. The fraction of sp³-hybridized carbons (Fsp3) is 0.294. The van der Waals surface area contributed by atoms with Crippen LogP contribution in [0.3, 0.4) is 0 Å². The van der Waals surface area contributed by atoms with Crippen LogP contribution in [-0.2, 0) is 7.05 Å². The first-order chi connectivity index (χ1) is 9.88. The summed E-state index contributed by atoms with van der Waals surface area (Å²) in [6.07, 6.45) is 1.98. The Bertz CT molecular complexity index is 815. The highest BCUT2D eigenvalue weighted by molar-refractivity contribution is 5.86. The largest absolute Gasteiger partial charge is 0.433 e. The molecule has 0 N–H and O–H groups in total. The van der Waals surface area contributed by atoms with Gasteiger partial charge >= 0.3 is 0 Å². The van der Waals surface area contributed by atoms with Crippen molar-refractivity contribution in [2.75, 3.05) is 0 Å². The van der Waals surface area contributed by atoms with E-state index in [0.717, 1.165) is 22.4 Å². The molecule has 3 aromatic rings. The van der Waals surface area contributed by atoms with Gasteiger partial charge in [0.2, 0.25) is 5.58 Å². The highest BCUT2D eigenvalue weighted by atomic mass is 16.3. The summed E-state index contributed by atoms with van der Waals surface area (Å²) in [4.78, 5) is 4.47. The standard InChI is InChI=1S/C17H19N2O/c1-11(2)17-18-14-9-10-19(4)15(16(14)20-17)13-8-6-5-7-12(13)3/h5-11H,1-4H3/q+1/i11D. The number of aryl methyl sites for hydroxylation is 2. The molecular formula is C17H19N2O+. The maximum atomic E-state index is 8.11. The highest BCUT2D eigenvalue weighted by Crippen LogP contribution is 2.29. The molecule has 0 fully saturated rings. The number of rotatable bonds is 2. The van der Waals surface area contributed by atoms with Gasteiger partial charge in [-0.15, -0.1) is 0 Å². The average molecular weight is 268 g/mol. The first-order valence-electron chi connectivity index (χ1n) is 7.23. The molecule has 0 saturated heterocycles. The number of nitrogens with zero attached hydrogens (tertiary/aromatic N) is 2. The number of fused-ring (bicyclic) bond motifs is 1. The van der Waals surface area contributed by atoms with Crippen LogP contribution >= 0.6 is 0 Å². The topological polar surface area (TPSA) is 29.9 Å². The molecule has 1 aromatic carbocycles. The molecule has 102 valence electrons. The number of aromatic nitrogens is 2. The zero-order valence-corrected chi connectivity index (χ0v) is 12.3. The minimum absolute atomic E-state index is 0.443. The monoisotopic (exact) mass is 268 g/mol. The van der Waals surface area contributed by atoms with Crippen molar-refractivity contribution in [1.29, 1.82) is 0 Å². The van der Waals surface area contributed by atoms with Gasteiger partial charge in [-0.2, -0.15) is 4.57 Å². The van der Waals surface area contributed by atoms with E-state index < -0.39 is 5.89 Å². The van der Waals surface area contributed by atoms with E-state index in [2.05, 4.69) is 24.0 Å². The van der Waals surface area contributed by atoms with Crippen molar-refractivity contribution >= 4 is 11.1 Å². The lowest BCUT2D eigenvalue weighted by Gasteiger charge is -2.03. The Morgan fingerprint density at radius 1 is 1.25 bits per heavy atom. The molecule has 20 heavy (non-hydrogen) atoms. The van der Waals surface area contributed by atoms with Crippen LogP contribution < -0.4 is 4.57 Å². The number of benzene rings is 1. The smallest absolute Gasteiger partial charge is 0.257 e. The lowest BCUT2D eigenvalue weighted by molar-refractivity contribution is -0.659. The fourth-order valence-electron chi connectivity index (χ4n) is 2.40. The van der Waals surface area contributed by atoms with Gasteiger partial charge in [0.05, 0.1) is 5.56 Å². The summed E-state index contributed by atoms with van der Waals surface area (Å²) in [5.74, 6) is -0.404. The van der Waals surface area contributed by atoms with Crippen molar-refractivity contribution in [2.45, 2.75) is 26.7 Å². The maximum absolute atomic E-state index is 8.11. The predicted octanol–water partition coefficient (Wildman–Crippen LogP) is 3.75. The molecule has 2 heterocycles. The van der Waals surface area contributed by atoms with E-state index in [1.165, 1.54) is 5.56 Å². The molecule has 3 heteroatoms. The van der Waals surface area contributed by atoms with E-state index in [1.54, 1.807) is 13.8 Å². The van der Waals surface area contributed by atoms with Gasteiger partial charge < -0.3 is 4.42 Å².